The van der Waals surface area contributed by atoms with E-state index in [0.29, 0.717) is 0 Å². The Morgan fingerprint density at radius 1 is 0.577 bits per heavy atom. The quantitative estimate of drug-likeness (QED) is 0.554. The highest BCUT2D eigenvalue weighted by Crippen LogP contribution is 2.20. The third-order valence-corrected chi connectivity index (χ3v) is 2.12. The van der Waals surface area contributed by atoms with Crippen LogP contribution in [0.5, 0.6) is 11.5 Å². The molecule has 114 valence electrons. The molecular weight excluding hydrogens is 320 g/mol. The molecule has 0 spiro atoms. The van der Waals surface area contributed by atoms with E-state index in [1.165, 1.54) is 18.2 Å². The van der Waals surface area contributed by atoms with Gasteiger partial charge in [-0.3, -0.25) is 0 Å². The van der Waals surface area contributed by atoms with Gasteiger partial charge in [0.2, 0.25) is 0 Å². The molecule has 0 bridgehead atoms. The molecule has 26 heavy (non-hydrogen) atoms. The third-order valence-electron chi connectivity index (χ3n) is 2.12. The van der Waals surface area contributed by atoms with Gasteiger partial charge in [-0.25, -0.2) is 0 Å². The maximum absolute atomic E-state index is 9.51. The first-order chi connectivity index (χ1) is 12.7. The molecule has 2 N–H and O–H groups in total. The Labute approximate surface area is 153 Å². The van der Waals surface area contributed by atoms with Crippen LogP contribution in [0.1, 0.15) is 5.56 Å². The number of terminal acetylenes is 1. The van der Waals surface area contributed by atoms with Crippen LogP contribution < -0.4 is 0 Å². The molecule has 1 aromatic carbocycles. The van der Waals surface area contributed by atoms with Crippen LogP contribution in [0, 0.1) is 107 Å². The van der Waals surface area contributed by atoms with Gasteiger partial charge in [-0.05, 0) is 119 Å². The second-order valence-electron chi connectivity index (χ2n) is 3.85. The van der Waals surface area contributed by atoms with E-state index in [1.807, 2.05) is 0 Å². The van der Waals surface area contributed by atoms with Crippen LogP contribution in [0.25, 0.3) is 0 Å². The molecule has 2 nitrogen and oxygen atoms in total. The third kappa shape index (κ3) is 9.00. The lowest BCUT2D eigenvalue weighted by Crippen LogP contribution is -1.75. The molecular formula is C24H6O2. The average Bonchev–Trinajstić information content (AvgIpc) is 2.64. The smallest absolute Gasteiger partial charge is 0.131 e. The summed E-state index contributed by atoms with van der Waals surface area (Å²) < 4.78 is 0. The highest BCUT2D eigenvalue weighted by molar-refractivity contribution is 5.52. The Balaban J connectivity index is 2.56. The van der Waals surface area contributed by atoms with E-state index >= 15 is 0 Å². The van der Waals surface area contributed by atoms with Gasteiger partial charge in [0.15, 0.2) is 0 Å². The molecule has 0 aliphatic heterocycles. The first-order valence-corrected chi connectivity index (χ1v) is 6.72. The van der Waals surface area contributed by atoms with Crippen molar-refractivity contribution >= 4 is 0 Å². The summed E-state index contributed by atoms with van der Waals surface area (Å²) in [6.45, 7) is 0. The van der Waals surface area contributed by atoms with Crippen molar-refractivity contribution in [2.24, 2.45) is 0 Å². The molecule has 0 aliphatic rings. The van der Waals surface area contributed by atoms with E-state index in [4.69, 9.17) is 6.42 Å². The number of benzene rings is 1. The van der Waals surface area contributed by atoms with Crippen molar-refractivity contribution in [3.63, 3.8) is 0 Å². The van der Waals surface area contributed by atoms with Gasteiger partial charge in [0.25, 0.3) is 0 Å². The van der Waals surface area contributed by atoms with Crippen molar-refractivity contribution in [3.8, 4) is 119 Å². The van der Waals surface area contributed by atoms with Gasteiger partial charge in [0, 0.05) is 0 Å². The first-order valence-electron chi connectivity index (χ1n) is 6.72. The van der Waals surface area contributed by atoms with Gasteiger partial charge in [0.05, 0.1) is 5.56 Å². The number of hydrogen-bond acceptors (Lipinski definition) is 2. The van der Waals surface area contributed by atoms with E-state index in [-0.39, 0.29) is 17.1 Å². The second-order valence-corrected chi connectivity index (χ2v) is 3.85. The Bertz CT molecular complexity index is 1240. The van der Waals surface area contributed by atoms with Crippen molar-refractivity contribution < 1.29 is 10.2 Å². The predicted molar refractivity (Wildman–Crippen MR) is 99.9 cm³/mol. The fourth-order valence-corrected chi connectivity index (χ4v) is 1.17. The Hall–Kier alpha value is -5.14. The summed E-state index contributed by atoms with van der Waals surface area (Å²) in [6, 6.07) is 4.03. The minimum Gasteiger partial charge on any atom is -0.508 e. The molecule has 0 amide bonds. The Morgan fingerprint density at radius 2 is 1.00 bits per heavy atom. The number of rotatable bonds is 0. The van der Waals surface area contributed by atoms with Crippen molar-refractivity contribution in [2.45, 2.75) is 0 Å². The maximum Gasteiger partial charge on any atom is 0.131 e. The topological polar surface area (TPSA) is 40.5 Å². The number of hydrogen-bond donors (Lipinski definition) is 2. The number of aromatic hydroxyl groups is 2. The van der Waals surface area contributed by atoms with E-state index in [1.54, 1.807) is 0 Å². The van der Waals surface area contributed by atoms with Gasteiger partial charge in [-0.15, -0.1) is 6.42 Å². The van der Waals surface area contributed by atoms with Crippen LogP contribution >= 0.6 is 0 Å². The normalized spacial score (nSPS) is 5.81. The summed E-state index contributed by atoms with van der Waals surface area (Å²) in [5.41, 5.74) is 0.274. The lowest BCUT2D eigenvalue weighted by Gasteiger charge is -1.95. The minimum atomic E-state index is -0.0396. The Kier molecular flexibility index (Phi) is 9.02. The molecule has 0 saturated heterocycles. The molecule has 1 rings (SSSR count). The average molecular weight is 326 g/mol. The fraction of sp³-hybridized carbons (Fsp3) is 0. The monoisotopic (exact) mass is 326 g/mol. The summed E-state index contributed by atoms with van der Waals surface area (Å²) in [4.78, 5) is 0. The molecule has 1 aromatic rings. The molecule has 2 heteroatoms. The van der Waals surface area contributed by atoms with Crippen molar-refractivity contribution in [1.82, 2.24) is 0 Å². The maximum atomic E-state index is 9.51. The van der Waals surface area contributed by atoms with Crippen LogP contribution in [0.2, 0.25) is 0 Å². The van der Waals surface area contributed by atoms with Gasteiger partial charge >= 0.3 is 0 Å². The van der Waals surface area contributed by atoms with Crippen LogP contribution in [-0.4, -0.2) is 10.2 Å². The molecule has 0 saturated carbocycles. The lowest BCUT2D eigenvalue weighted by atomic mass is 10.2. The molecule has 0 radical (unpaired) electrons. The summed E-state index contributed by atoms with van der Waals surface area (Å²) in [5.74, 6) is 41.5. The van der Waals surface area contributed by atoms with Gasteiger partial charge in [-0.1, -0.05) is 0 Å². The van der Waals surface area contributed by atoms with Crippen molar-refractivity contribution in [1.29, 1.82) is 0 Å². The molecule has 0 aromatic heterocycles. The van der Waals surface area contributed by atoms with Crippen molar-refractivity contribution in [2.75, 3.05) is 0 Å². The predicted octanol–water partition coefficient (Wildman–Crippen LogP) is 1.11. The van der Waals surface area contributed by atoms with Crippen LogP contribution in [-0.2, 0) is 0 Å². The molecule has 0 atom stereocenters. The highest BCUT2D eigenvalue weighted by Gasteiger charge is 1.97. The summed E-state index contributed by atoms with van der Waals surface area (Å²) >= 11 is 0. The van der Waals surface area contributed by atoms with Crippen LogP contribution in [0.3, 0.4) is 0 Å². The van der Waals surface area contributed by atoms with Crippen LogP contribution in [0.4, 0.5) is 0 Å². The van der Waals surface area contributed by atoms with E-state index < -0.39 is 0 Å². The number of phenols is 2. The molecule has 0 aliphatic carbocycles. The first kappa shape index (κ1) is 18.9. The standard InChI is InChI=1S/C24H6O2/c1-2-3-4-5-6-7-8-9-10-11-12-13-14-15-16-17-18-22-21-23(25)19-20-24(22)26/h1,19-21,25-26H. The zero-order chi connectivity index (χ0) is 18.9. The summed E-state index contributed by atoms with van der Waals surface area (Å²) in [5, 5.41) is 18.8. The van der Waals surface area contributed by atoms with Crippen LogP contribution in [0.15, 0.2) is 18.2 Å². The van der Waals surface area contributed by atoms with Crippen molar-refractivity contribution in [3.05, 3.63) is 23.8 Å². The zero-order valence-corrected chi connectivity index (χ0v) is 13.2. The zero-order valence-electron chi connectivity index (χ0n) is 13.2. The van der Waals surface area contributed by atoms with Gasteiger partial charge < -0.3 is 10.2 Å². The molecule has 0 fully saturated rings. The second kappa shape index (κ2) is 12.4. The highest BCUT2D eigenvalue weighted by atomic mass is 16.3. The minimum absolute atomic E-state index is 0.00513. The number of phenolic OH excluding ortho intramolecular Hbond substituents is 2. The Morgan fingerprint density at radius 3 is 1.46 bits per heavy atom. The fourth-order valence-electron chi connectivity index (χ4n) is 1.17. The van der Waals surface area contributed by atoms with Gasteiger partial charge in [-0.2, -0.15) is 0 Å². The molecule has 0 heterocycles. The van der Waals surface area contributed by atoms with E-state index in [0.717, 1.165) is 0 Å². The largest absolute Gasteiger partial charge is 0.508 e. The van der Waals surface area contributed by atoms with E-state index in [9.17, 15) is 10.2 Å². The lowest BCUT2D eigenvalue weighted by molar-refractivity contribution is 0.459. The molecule has 0 unspecified atom stereocenters. The SMILES string of the molecule is C#CC#CC#CC#CC#CC#CC#CC#CC#Cc1cc(O)ccc1O. The summed E-state index contributed by atoms with van der Waals surface area (Å²) in [6.07, 6.45) is 4.91. The van der Waals surface area contributed by atoms with Gasteiger partial charge in [0.1, 0.15) is 11.5 Å². The van der Waals surface area contributed by atoms with E-state index in [2.05, 4.69) is 101 Å². The summed E-state index contributed by atoms with van der Waals surface area (Å²) in [7, 11) is 0.